The fraction of sp³-hybridized carbons (Fsp3) is 0.412. The molecule has 0 radical (unpaired) electrons. The second-order valence-corrected chi connectivity index (χ2v) is 6.49. The van der Waals surface area contributed by atoms with Crippen LogP contribution in [0.2, 0.25) is 0 Å². The van der Waals surface area contributed by atoms with Crippen LogP contribution >= 0.6 is 0 Å². The molecule has 3 nitrogen and oxygen atoms in total. The van der Waals surface area contributed by atoms with Crippen molar-refractivity contribution in [3.05, 3.63) is 42.1 Å². The number of fused-ring (bicyclic) bond motifs is 1. The highest BCUT2D eigenvalue weighted by Crippen LogP contribution is 2.37. The van der Waals surface area contributed by atoms with Crippen molar-refractivity contribution in [1.29, 1.82) is 0 Å². The lowest BCUT2D eigenvalue weighted by molar-refractivity contribution is 0.0936. The zero-order chi connectivity index (χ0) is 14.2. The number of carbonyl (C=O) groups excluding carboxylic acids is 1. The van der Waals surface area contributed by atoms with E-state index in [9.17, 15) is 4.79 Å². The molecule has 3 rings (SSSR count). The van der Waals surface area contributed by atoms with Crippen molar-refractivity contribution in [2.24, 2.45) is 5.41 Å². The van der Waals surface area contributed by atoms with Crippen LogP contribution in [0.3, 0.4) is 0 Å². The summed E-state index contributed by atoms with van der Waals surface area (Å²) < 4.78 is 0. The van der Waals surface area contributed by atoms with E-state index in [0.29, 0.717) is 11.5 Å². The van der Waals surface area contributed by atoms with Crippen molar-refractivity contribution in [3.8, 4) is 0 Å². The Morgan fingerprint density at radius 3 is 2.95 bits per heavy atom. The van der Waals surface area contributed by atoms with E-state index < -0.39 is 0 Å². The molecule has 1 aliphatic carbocycles. The van der Waals surface area contributed by atoms with Gasteiger partial charge < -0.3 is 5.32 Å². The predicted molar refractivity (Wildman–Crippen MR) is 80.6 cm³/mol. The second-order valence-electron chi connectivity index (χ2n) is 6.49. The first-order valence-electron chi connectivity index (χ1n) is 7.19. The first-order valence-corrected chi connectivity index (χ1v) is 7.19. The van der Waals surface area contributed by atoms with Crippen molar-refractivity contribution in [2.45, 2.75) is 39.2 Å². The van der Waals surface area contributed by atoms with Crippen LogP contribution in [0.25, 0.3) is 10.9 Å². The van der Waals surface area contributed by atoms with Gasteiger partial charge in [-0.25, -0.2) is 0 Å². The molecule has 1 fully saturated rings. The summed E-state index contributed by atoms with van der Waals surface area (Å²) in [7, 11) is 0. The molecule has 104 valence electrons. The van der Waals surface area contributed by atoms with Gasteiger partial charge in [0.15, 0.2) is 0 Å². The molecule has 1 heterocycles. The molecule has 20 heavy (non-hydrogen) atoms. The van der Waals surface area contributed by atoms with Crippen LogP contribution < -0.4 is 5.32 Å². The Labute approximate surface area is 119 Å². The Morgan fingerprint density at radius 1 is 1.35 bits per heavy atom. The highest BCUT2D eigenvalue weighted by atomic mass is 16.1. The van der Waals surface area contributed by atoms with Crippen molar-refractivity contribution in [1.82, 2.24) is 10.3 Å². The van der Waals surface area contributed by atoms with E-state index in [1.807, 2.05) is 30.3 Å². The molecule has 0 bridgehead atoms. The summed E-state index contributed by atoms with van der Waals surface area (Å²) in [6.45, 7) is 4.53. The maximum absolute atomic E-state index is 12.3. The Bertz CT molecular complexity index is 648. The lowest BCUT2D eigenvalue weighted by Gasteiger charge is -2.18. The molecule has 2 aromatic rings. The smallest absolute Gasteiger partial charge is 0.251 e. The number of nitrogens with one attached hydrogen (secondary N) is 1. The van der Waals surface area contributed by atoms with Gasteiger partial charge in [-0.05, 0) is 48.9 Å². The van der Waals surface area contributed by atoms with Gasteiger partial charge in [0.25, 0.3) is 5.91 Å². The number of aromatic nitrogens is 1. The Kier molecular flexibility index (Phi) is 3.20. The third kappa shape index (κ3) is 2.67. The third-order valence-corrected chi connectivity index (χ3v) is 4.17. The van der Waals surface area contributed by atoms with Crippen LogP contribution in [0, 0.1) is 5.41 Å². The average Bonchev–Trinajstić information content (AvgIpc) is 2.77. The van der Waals surface area contributed by atoms with E-state index in [2.05, 4.69) is 24.1 Å². The molecule has 1 aliphatic rings. The van der Waals surface area contributed by atoms with Crippen molar-refractivity contribution in [3.63, 3.8) is 0 Å². The van der Waals surface area contributed by atoms with Crippen LogP contribution in [-0.2, 0) is 0 Å². The van der Waals surface area contributed by atoms with E-state index in [4.69, 9.17) is 0 Å². The summed E-state index contributed by atoms with van der Waals surface area (Å²) in [5.74, 6) is 0.0263. The van der Waals surface area contributed by atoms with Crippen molar-refractivity contribution >= 4 is 16.8 Å². The molecule has 0 aliphatic heterocycles. The Balaban J connectivity index is 1.76. The summed E-state index contributed by atoms with van der Waals surface area (Å²) in [5, 5.41) is 4.16. The minimum Gasteiger partial charge on any atom is -0.349 e. The number of carbonyl (C=O) groups is 1. The number of benzene rings is 1. The van der Waals surface area contributed by atoms with Gasteiger partial charge in [0.1, 0.15) is 0 Å². The van der Waals surface area contributed by atoms with Gasteiger partial charge in [-0.1, -0.05) is 19.9 Å². The van der Waals surface area contributed by atoms with Crippen LogP contribution in [0.15, 0.2) is 36.5 Å². The summed E-state index contributed by atoms with van der Waals surface area (Å²) >= 11 is 0. The predicted octanol–water partition coefficient (Wildman–Crippen LogP) is 3.54. The van der Waals surface area contributed by atoms with Crippen LogP contribution in [0.5, 0.6) is 0 Å². The minimum absolute atomic E-state index is 0.0263. The normalized spacial score (nSPS) is 21.0. The lowest BCUT2D eigenvalue weighted by atomic mass is 9.92. The number of pyridine rings is 1. The first-order chi connectivity index (χ1) is 9.53. The van der Waals surface area contributed by atoms with Gasteiger partial charge in [-0.2, -0.15) is 0 Å². The van der Waals surface area contributed by atoms with Gasteiger partial charge in [-0.3, -0.25) is 9.78 Å². The van der Waals surface area contributed by atoms with E-state index in [-0.39, 0.29) is 5.91 Å². The van der Waals surface area contributed by atoms with Gasteiger partial charge in [-0.15, -0.1) is 0 Å². The number of rotatable bonds is 2. The fourth-order valence-electron chi connectivity index (χ4n) is 3.04. The third-order valence-electron chi connectivity index (χ3n) is 4.17. The maximum atomic E-state index is 12.3. The Morgan fingerprint density at radius 2 is 2.20 bits per heavy atom. The topological polar surface area (TPSA) is 42.0 Å². The molecule has 1 unspecified atom stereocenters. The summed E-state index contributed by atoms with van der Waals surface area (Å²) in [4.78, 5) is 16.6. The number of nitrogens with zero attached hydrogens (tertiary/aromatic N) is 1. The monoisotopic (exact) mass is 268 g/mol. The zero-order valence-corrected chi connectivity index (χ0v) is 12.0. The van der Waals surface area contributed by atoms with Crippen LogP contribution in [-0.4, -0.2) is 16.9 Å². The molecule has 1 atom stereocenters. The molecule has 0 spiro atoms. The first kappa shape index (κ1) is 13.1. The molecule has 1 N–H and O–H groups in total. The lowest BCUT2D eigenvalue weighted by Crippen LogP contribution is -2.33. The Hall–Kier alpha value is -1.90. The molecule has 1 amide bonds. The zero-order valence-electron chi connectivity index (χ0n) is 12.0. The van der Waals surface area contributed by atoms with Crippen molar-refractivity contribution < 1.29 is 4.79 Å². The van der Waals surface area contributed by atoms with Gasteiger partial charge in [0, 0.05) is 23.2 Å². The highest BCUT2D eigenvalue weighted by molar-refractivity contribution is 5.98. The van der Waals surface area contributed by atoms with Gasteiger partial charge in [0.2, 0.25) is 0 Å². The van der Waals surface area contributed by atoms with Gasteiger partial charge >= 0.3 is 0 Å². The molecular formula is C17H20N2O. The number of hydrogen-bond donors (Lipinski definition) is 1. The van der Waals surface area contributed by atoms with E-state index in [0.717, 1.165) is 29.3 Å². The maximum Gasteiger partial charge on any atom is 0.251 e. The fourth-order valence-corrected chi connectivity index (χ4v) is 3.04. The van der Waals surface area contributed by atoms with Crippen molar-refractivity contribution in [2.75, 3.05) is 0 Å². The highest BCUT2D eigenvalue weighted by Gasteiger charge is 2.31. The summed E-state index contributed by atoms with van der Waals surface area (Å²) in [5.41, 5.74) is 1.99. The molecule has 1 aromatic carbocycles. The van der Waals surface area contributed by atoms with E-state index in [1.165, 1.54) is 6.42 Å². The molecular weight excluding hydrogens is 248 g/mol. The quantitative estimate of drug-likeness (QED) is 0.905. The molecule has 1 aromatic heterocycles. The molecule has 3 heteroatoms. The average molecular weight is 268 g/mol. The largest absolute Gasteiger partial charge is 0.349 e. The standard InChI is InChI=1S/C17H20N2O/c1-17(2)8-7-14(11-17)19-16(20)13-5-6-15-12(10-13)4-3-9-18-15/h3-6,9-10,14H,7-8,11H2,1-2H3,(H,19,20). The van der Waals surface area contributed by atoms with E-state index in [1.54, 1.807) is 6.20 Å². The second kappa shape index (κ2) is 4.89. The minimum atomic E-state index is 0.0263. The number of amides is 1. The molecule has 1 saturated carbocycles. The summed E-state index contributed by atoms with van der Waals surface area (Å²) in [6, 6.07) is 9.86. The van der Waals surface area contributed by atoms with E-state index >= 15 is 0 Å². The SMILES string of the molecule is CC1(C)CCC(NC(=O)c2ccc3ncccc3c2)C1. The summed E-state index contributed by atoms with van der Waals surface area (Å²) in [6.07, 6.45) is 5.09. The van der Waals surface area contributed by atoms with Gasteiger partial charge in [0.05, 0.1) is 5.52 Å². The van der Waals surface area contributed by atoms with Crippen LogP contribution in [0.1, 0.15) is 43.5 Å². The molecule has 0 saturated heterocycles. The number of hydrogen-bond acceptors (Lipinski definition) is 2. The van der Waals surface area contributed by atoms with Crippen LogP contribution in [0.4, 0.5) is 0 Å².